The van der Waals surface area contributed by atoms with Gasteiger partial charge in [0.2, 0.25) is 5.91 Å². The Bertz CT molecular complexity index is 1010. The number of nitrogens with zero attached hydrogens (tertiary/aromatic N) is 1. The minimum absolute atomic E-state index is 0.326. The summed E-state index contributed by atoms with van der Waals surface area (Å²) in [6, 6.07) is 6.47. The first-order valence-electron chi connectivity index (χ1n) is 10.3. The van der Waals surface area contributed by atoms with E-state index in [0.717, 1.165) is 5.39 Å². The third-order valence-electron chi connectivity index (χ3n) is 4.67. The lowest BCUT2D eigenvalue weighted by molar-refractivity contribution is -0.156. The molecule has 0 spiro atoms. The monoisotopic (exact) mass is 432 g/mol. The van der Waals surface area contributed by atoms with Crippen LogP contribution in [0.25, 0.3) is 10.8 Å². The number of nitrogens with one attached hydrogen (secondary N) is 1. The van der Waals surface area contributed by atoms with Crippen LogP contribution < -0.4 is 10.9 Å². The molecule has 1 aromatic carbocycles. The number of benzene rings is 1. The van der Waals surface area contributed by atoms with E-state index in [4.69, 9.17) is 4.74 Å². The van der Waals surface area contributed by atoms with Crippen LogP contribution in [0.15, 0.2) is 41.3 Å². The Hall–Kier alpha value is -3.03. The topological polar surface area (TPSA) is 94.5 Å². The Labute approximate surface area is 180 Å². The van der Waals surface area contributed by atoms with Gasteiger partial charge >= 0.3 is 5.97 Å². The molecule has 7 nitrogen and oxygen atoms in total. The van der Waals surface area contributed by atoms with Crippen molar-refractivity contribution in [3.05, 3.63) is 46.9 Å². The van der Waals surface area contributed by atoms with Crippen LogP contribution in [0.4, 0.5) is 4.39 Å². The molecule has 8 heteroatoms. The van der Waals surface area contributed by atoms with Gasteiger partial charge in [-0.15, -0.1) is 0 Å². The van der Waals surface area contributed by atoms with E-state index in [1.54, 1.807) is 45.0 Å². The molecule has 0 aliphatic rings. The van der Waals surface area contributed by atoms with Crippen LogP contribution in [0, 0.1) is 0 Å². The lowest BCUT2D eigenvalue weighted by atomic mass is 10.1. The third kappa shape index (κ3) is 6.47. The van der Waals surface area contributed by atoms with Gasteiger partial charge in [0.15, 0.2) is 5.78 Å². The van der Waals surface area contributed by atoms with E-state index in [-0.39, 0.29) is 5.56 Å². The number of Topliss-reactive ketones (excluding diaryl/α,β-unsaturated/α-hetero) is 1. The van der Waals surface area contributed by atoms with Crippen LogP contribution in [0.2, 0.25) is 0 Å². The van der Waals surface area contributed by atoms with Gasteiger partial charge in [0.25, 0.3) is 5.56 Å². The minimum atomic E-state index is -1.37. The van der Waals surface area contributed by atoms with Crippen LogP contribution >= 0.6 is 0 Å². The molecule has 2 rings (SSSR count). The highest BCUT2D eigenvalue weighted by atomic mass is 19.1. The number of esters is 1. The van der Waals surface area contributed by atoms with Crippen molar-refractivity contribution in [2.24, 2.45) is 0 Å². The summed E-state index contributed by atoms with van der Waals surface area (Å²) in [5, 5.41) is 3.66. The van der Waals surface area contributed by atoms with Gasteiger partial charge in [-0.3, -0.25) is 19.2 Å². The molecule has 31 heavy (non-hydrogen) atoms. The third-order valence-corrected chi connectivity index (χ3v) is 4.67. The van der Waals surface area contributed by atoms with E-state index >= 15 is 0 Å². The van der Waals surface area contributed by atoms with Crippen LogP contribution in [0.5, 0.6) is 0 Å². The summed E-state index contributed by atoms with van der Waals surface area (Å²) >= 11 is 0. The lowest BCUT2D eigenvalue weighted by Gasteiger charge is -2.24. The number of carbonyl (C=O) groups excluding carboxylic acids is 3. The Kier molecular flexibility index (Phi) is 8.08. The SMILES string of the molecule is CCCC(C(=O)NC(CC(=O)OC(C)(C)C)C(=O)CF)n1ccc2ccccc2c1=O. The van der Waals surface area contributed by atoms with Gasteiger partial charge < -0.3 is 14.6 Å². The number of fused-ring (bicyclic) bond motifs is 1. The Balaban J connectivity index is 2.30. The normalized spacial score (nSPS) is 13.5. The Morgan fingerprint density at radius 2 is 1.84 bits per heavy atom. The summed E-state index contributed by atoms with van der Waals surface area (Å²) in [6.07, 6.45) is 1.96. The number of ketones is 1. The lowest BCUT2D eigenvalue weighted by Crippen LogP contribution is -2.47. The zero-order chi connectivity index (χ0) is 23.2. The van der Waals surface area contributed by atoms with Crippen LogP contribution in [-0.2, 0) is 19.1 Å². The number of halogens is 1. The second kappa shape index (κ2) is 10.3. The summed E-state index contributed by atoms with van der Waals surface area (Å²) < 4.78 is 19.6. The van der Waals surface area contributed by atoms with E-state index in [9.17, 15) is 23.6 Å². The zero-order valence-corrected chi connectivity index (χ0v) is 18.3. The molecule has 2 atom stereocenters. The van der Waals surface area contributed by atoms with Crippen molar-refractivity contribution in [1.82, 2.24) is 9.88 Å². The molecule has 0 aliphatic heterocycles. The molecule has 168 valence electrons. The summed E-state index contributed by atoms with van der Waals surface area (Å²) in [5.41, 5.74) is -1.12. The first kappa shape index (κ1) is 24.2. The molecule has 2 aromatic rings. The minimum Gasteiger partial charge on any atom is -0.460 e. The van der Waals surface area contributed by atoms with Crippen molar-refractivity contribution >= 4 is 28.4 Å². The summed E-state index contributed by atoms with van der Waals surface area (Å²) in [5.74, 6) is -2.29. The number of alkyl halides is 1. The first-order valence-corrected chi connectivity index (χ1v) is 10.3. The molecular formula is C23H29FN2O5. The molecule has 0 fully saturated rings. The molecule has 1 amide bonds. The first-order chi connectivity index (χ1) is 14.6. The van der Waals surface area contributed by atoms with Gasteiger partial charge in [-0.25, -0.2) is 4.39 Å². The largest absolute Gasteiger partial charge is 0.460 e. The van der Waals surface area contributed by atoms with Crippen molar-refractivity contribution in [2.75, 3.05) is 6.67 Å². The van der Waals surface area contributed by atoms with Crippen LogP contribution in [-0.4, -0.2) is 40.5 Å². The number of pyridine rings is 1. The Morgan fingerprint density at radius 3 is 2.45 bits per heavy atom. The van der Waals surface area contributed by atoms with Crippen LogP contribution in [0.3, 0.4) is 0 Å². The van der Waals surface area contributed by atoms with Gasteiger partial charge in [0.05, 0.1) is 6.42 Å². The Morgan fingerprint density at radius 1 is 1.16 bits per heavy atom. The van der Waals surface area contributed by atoms with Crippen molar-refractivity contribution in [1.29, 1.82) is 0 Å². The van der Waals surface area contributed by atoms with Gasteiger partial charge in [-0.2, -0.15) is 0 Å². The molecule has 0 radical (unpaired) electrons. The molecule has 0 aliphatic carbocycles. The summed E-state index contributed by atoms with van der Waals surface area (Å²) in [7, 11) is 0. The molecule has 1 aromatic heterocycles. The van der Waals surface area contributed by atoms with E-state index < -0.39 is 48.4 Å². The number of ether oxygens (including phenoxy) is 1. The van der Waals surface area contributed by atoms with E-state index in [1.807, 2.05) is 13.0 Å². The number of aromatic nitrogens is 1. The van der Waals surface area contributed by atoms with Gasteiger partial charge in [0.1, 0.15) is 24.4 Å². The van der Waals surface area contributed by atoms with Crippen molar-refractivity contribution < 1.29 is 23.5 Å². The second-order valence-corrected chi connectivity index (χ2v) is 8.37. The molecule has 0 bridgehead atoms. The van der Waals surface area contributed by atoms with E-state index in [0.29, 0.717) is 18.2 Å². The fraction of sp³-hybridized carbons (Fsp3) is 0.478. The predicted molar refractivity (Wildman–Crippen MR) is 116 cm³/mol. The number of amides is 1. The molecule has 1 heterocycles. The fourth-order valence-electron chi connectivity index (χ4n) is 3.28. The molecule has 1 N–H and O–H groups in total. The maximum absolute atomic E-state index is 13.1. The van der Waals surface area contributed by atoms with Gasteiger partial charge in [-0.1, -0.05) is 31.5 Å². The second-order valence-electron chi connectivity index (χ2n) is 8.37. The summed E-state index contributed by atoms with van der Waals surface area (Å²) in [4.78, 5) is 50.1. The number of hydrogen-bond acceptors (Lipinski definition) is 5. The average molecular weight is 432 g/mol. The van der Waals surface area contributed by atoms with Gasteiger partial charge in [-0.05, 0) is 44.7 Å². The standard InChI is InChI=1S/C23H29FN2O5/c1-5-8-18(26-12-11-15-9-6-7-10-16(15)22(26)30)21(29)25-17(19(27)14-24)13-20(28)31-23(2,3)4/h6-7,9-12,17-18H,5,8,13-14H2,1-4H3,(H,25,29). The highest BCUT2D eigenvalue weighted by Crippen LogP contribution is 2.17. The van der Waals surface area contributed by atoms with Crippen molar-refractivity contribution in [3.8, 4) is 0 Å². The predicted octanol–water partition coefficient (Wildman–Crippen LogP) is 3.10. The van der Waals surface area contributed by atoms with Crippen molar-refractivity contribution in [2.45, 2.75) is 64.6 Å². The molecule has 0 saturated heterocycles. The highest BCUT2D eigenvalue weighted by molar-refractivity contribution is 5.94. The number of rotatable bonds is 9. The smallest absolute Gasteiger partial charge is 0.308 e. The summed E-state index contributed by atoms with van der Waals surface area (Å²) in [6.45, 7) is 5.52. The zero-order valence-electron chi connectivity index (χ0n) is 18.3. The number of carbonyl (C=O) groups is 3. The van der Waals surface area contributed by atoms with E-state index in [2.05, 4.69) is 5.32 Å². The molecular weight excluding hydrogens is 403 g/mol. The molecule has 0 saturated carbocycles. The average Bonchev–Trinajstić information content (AvgIpc) is 2.70. The fourth-order valence-corrected chi connectivity index (χ4v) is 3.28. The number of hydrogen-bond donors (Lipinski definition) is 1. The highest BCUT2D eigenvalue weighted by Gasteiger charge is 2.30. The maximum atomic E-state index is 13.1. The maximum Gasteiger partial charge on any atom is 0.308 e. The van der Waals surface area contributed by atoms with E-state index in [1.165, 1.54) is 10.8 Å². The van der Waals surface area contributed by atoms with Crippen LogP contribution in [0.1, 0.15) is 53.0 Å². The quantitative estimate of drug-likeness (QED) is 0.615. The molecule has 2 unspecified atom stereocenters. The van der Waals surface area contributed by atoms with Gasteiger partial charge in [0, 0.05) is 11.6 Å². The van der Waals surface area contributed by atoms with Crippen molar-refractivity contribution in [3.63, 3.8) is 0 Å².